The van der Waals surface area contributed by atoms with Crippen LogP contribution in [0.1, 0.15) is 24.8 Å². The summed E-state index contributed by atoms with van der Waals surface area (Å²) in [4.78, 5) is 12.2. The van der Waals surface area contributed by atoms with Crippen LogP contribution >= 0.6 is 0 Å². The van der Waals surface area contributed by atoms with Gasteiger partial charge in [-0.3, -0.25) is 4.79 Å². The first-order valence-corrected chi connectivity index (χ1v) is 9.09. The third-order valence-corrected chi connectivity index (χ3v) is 4.08. The molecule has 0 saturated heterocycles. The highest BCUT2D eigenvalue weighted by atomic mass is 16.5. The average Bonchev–Trinajstić information content (AvgIpc) is 3.17. The topological polar surface area (TPSA) is 86.5 Å². The molecule has 0 unspecified atom stereocenters. The summed E-state index contributed by atoms with van der Waals surface area (Å²) >= 11 is 0. The highest BCUT2D eigenvalue weighted by Gasteiger charge is 2.12. The van der Waals surface area contributed by atoms with Crippen molar-refractivity contribution in [2.45, 2.75) is 26.7 Å². The van der Waals surface area contributed by atoms with Crippen LogP contribution in [-0.4, -0.2) is 29.8 Å². The molecule has 0 fully saturated rings. The van der Waals surface area contributed by atoms with E-state index in [2.05, 4.69) is 15.5 Å². The molecule has 0 atom stereocenters. The maximum Gasteiger partial charge on any atom is 0.247 e. The Hall–Kier alpha value is -3.35. The molecule has 7 heteroatoms. The molecule has 0 saturated carbocycles. The summed E-state index contributed by atoms with van der Waals surface area (Å²) in [5.74, 6) is 1.93. The predicted molar refractivity (Wildman–Crippen MR) is 106 cm³/mol. The molecular formula is C21H23N3O4. The summed E-state index contributed by atoms with van der Waals surface area (Å²) in [5, 5.41) is 10.9. The van der Waals surface area contributed by atoms with Crippen LogP contribution < -0.4 is 14.8 Å². The fourth-order valence-electron chi connectivity index (χ4n) is 2.63. The van der Waals surface area contributed by atoms with Gasteiger partial charge in [0.05, 0.1) is 13.7 Å². The first-order chi connectivity index (χ1) is 13.6. The van der Waals surface area contributed by atoms with Crippen molar-refractivity contribution in [3.8, 4) is 23.0 Å². The highest BCUT2D eigenvalue weighted by Crippen LogP contribution is 2.30. The van der Waals surface area contributed by atoms with Gasteiger partial charge in [-0.1, -0.05) is 17.7 Å². The Morgan fingerprint density at radius 2 is 1.89 bits per heavy atom. The monoisotopic (exact) mass is 381 g/mol. The van der Waals surface area contributed by atoms with Gasteiger partial charge in [-0.15, -0.1) is 10.2 Å². The smallest absolute Gasteiger partial charge is 0.247 e. The molecule has 2 aromatic carbocycles. The van der Waals surface area contributed by atoms with Gasteiger partial charge in [0, 0.05) is 30.2 Å². The molecular weight excluding hydrogens is 358 g/mol. The van der Waals surface area contributed by atoms with Crippen LogP contribution in [0.2, 0.25) is 0 Å². The Morgan fingerprint density at radius 1 is 1.11 bits per heavy atom. The first kappa shape index (κ1) is 19.4. The standard InChI is InChI=1S/C21H23N3O4/c1-4-27-17-10-9-16(13-18(17)26-3)22-19(25)11-12-20-23-24-21(28-20)15-7-5-14(2)6-8-15/h5-10,13H,4,11-12H2,1-3H3,(H,22,25). The number of anilines is 1. The summed E-state index contributed by atoms with van der Waals surface area (Å²) in [5.41, 5.74) is 2.65. The summed E-state index contributed by atoms with van der Waals surface area (Å²) in [6, 6.07) is 13.1. The molecule has 0 aliphatic heterocycles. The molecule has 0 aliphatic rings. The van der Waals surface area contributed by atoms with Crippen molar-refractivity contribution < 1.29 is 18.7 Å². The number of hydrogen-bond donors (Lipinski definition) is 1. The number of carbonyl (C=O) groups is 1. The van der Waals surface area contributed by atoms with Crippen molar-refractivity contribution in [1.29, 1.82) is 0 Å². The van der Waals surface area contributed by atoms with E-state index in [0.29, 0.717) is 42.0 Å². The Kier molecular flexibility index (Phi) is 6.26. The lowest BCUT2D eigenvalue weighted by molar-refractivity contribution is -0.116. The number of carbonyl (C=O) groups excluding carboxylic acids is 1. The van der Waals surface area contributed by atoms with Crippen LogP contribution in [0.25, 0.3) is 11.5 Å². The minimum atomic E-state index is -0.152. The average molecular weight is 381 g/mol. The quantitative estimate of drug-likeness (QED) is 0.634. The summed E-state index contributed by atoms with van der Waals surface area (Å²) in [6.45, 7) is 4.45. The molecule has 0 aliphatic carbocycles. The van der Waals surface area contributed by atoms with Crippen molar-refractivity contribution >= 4 is 11.6 Å². The van der Waals surface area contributed by atoms with Crippen molar-refractivity contribution in [1.82, 2.24) is 10.2 Å². The zero-order chi connectivity index (χ0) is 19.9. The van der Waals surface area contributed by atoms with E-state index in [9.17, 15) is 4.79 Å². The number of aryl methyl sites for hydroxylation is 2. The minimum Gasteiger partial charge on any atom is -0.493 e. The fourth-order valence-corrected chi connectivity index (χ4v) is 2.63. The second kappa shape index (κ2) is 9.03. The van der Waals surface area contributed by atoms with Crippen molar-refractivity contribution in [2.75, 3.05) is 19.0 Å². The van der Waals surface area contributed by atoms with Crippen LogP contribution in [-0.2, 0) is 11.2 Å². The van der Waals surface area contributed by atoms with Gasteiger partial charge in [0.25, 0.3) is 0 Å². The number of ether oxygens (including phenoxy) is 2. The molecule has 0 bridgehead atoms. The summed E-state index contributed by atoms with van der Waals surface area (Å²) < 4.78 is 16.4. The number of aromatic nitrogens is 2. The number of amides is 1. The van der Waals surface area contributed by atoms with Gasteiger partial charge < -0.3 is 19.2 Å². The lowest BCUT2D eigenvalue weighted by Crippen LogP contribution is -2.12. The maximum atomic E-state index is 12.2. The molecule has 1 amide bonds. The van der Waals surface area contributed by atoms with E-state index in [1.54, 1.807) is 25.3 Å². The Labute approximate surface area is 163 Å². The molecule has 0 spiro atoms. The van der Waals surface area contributed by atoms with E-state index >= 15 is 0 Å². The zero-order valence-corrected chi connectivity index (χ0v) is 16.2. The SMILES string of the molecule is CCOc1ccc(NC(=O)CCc2nnc(-c3ccc(C)cc3)o2)cc1OC. The minimum absolute atomic E-state index is 0.152. The van der Waals surface area contributed by atoms with Crippen LogP contribution in [0.15, 0.2) is 46.9 Å². The molecule has 0 radical (unpaired) electrons. The van der Waals surface area contributed by atoms with E-state index < -0.39 is 0 Å². The maximum absolute atomic E-state index is 12.2. The van der Waals surface area contributed by atoms with Gasteiger partial charge in [0.2, 0.25) is 17.7 Å². The lowest BCUT2D eigenvalue weighted by atomic mass is 10.1. The Morgan fingerprint density at radius 3 is 2.61 bits per heavy atom. The number of methoxy groups -OCH3 is 1. The Bertz CT molecular complexity index is 935. The number of rotatable bonds is 8. The van der Waals surface area contributed by atoms with Gasteiger partial charge in [0.1, 0.15) is 0 Å². The lowest BCUT2D eigenvalue weighted by Gasteiger charge is -2.11. The van der Waals surface area contributed by atoms with Gasteiger partial charge in [-0.25, -0.2) is 0 Å². The number of benzene rings is 2. The van der Waals surface area contributed by atoms with E-state index in [4.69, 9.17) is 13.9 Å². The molecule has 7 nitrogen and oxygen atoms in total. The van der Waals surface area contributed by atoms with Crippen LogP contribution in [0.5, 0.6) is 11.5 Å². The second-order valence-corrected chi connectivity index (χ2v) is 6.21. The normalized spacial score (nSPS) is 10.5. The van der Waals surface area contributed by atoms with Crippen LogP contribution in [0.3, 0.4) is 0 Å². The van der Waals surface area contributed by atoms with Gasteiger partial charge in [0.15, 0.2) is 11.5 Å². The number of nitrogens with one attached hydrogen (secondary N) is 1. The van der Waals surface area contributed by atoms with E-state index in [1.165, 1.54) is 0 Å². The number of hydrogen-bond acceptors (Lipinski definition) is 6. The summed E-state index contributed by atoms with van der Waals surface area (Å²) in [6.07, 6.45) is 0.587. The third kappa shape index (κ3) is 4.88. The first-order valence-electron chi connectivity index (χ1n) is 9.09. The van der Waals surface area contributed by atoms with Gasteiger partial charge >= 0.3 is 0 Å². The van der Waals surface area contributed by atoms with Crippen LogP contribution in [0, 0.1) is 6.92 Å². The summed E-state index contributed by atoms with van der Waals surface area (Å²) in [7, 11) is 1.56. The second-order valence-electron chi connectivity index (χ2n) is 6.21. The molecule has 1 aromatic heterocycles. The zero-order valence-electron chi connectivity index (χ0n) is 16.2. The van der Waals surface area contributed by atoms with Crippen molar-refractivity contribution in [2.24, 2.45) is 0 Å². The van der Waals surface area contributed by atoms with Gasteiger partial charge in [-0.2, -0.15) is 0 Å². The van der Waals surface area contributed by atoms with Crippen molar-refractivity contribution in [3.05, 3.63) is 53.9 Å². The van der Waals surface area contributed by atoms with Crippen LogP contribution in [0.4, 0.5) is 5.69 Å². The molecule has 146 valence electrons. The Balaban J connectivity index is 1.57. The van der Waals surface area contributed by atoms with E-state index in [-0.39, 0.29) is 12.3 Å². The number of nitrogens with zero attached hydrogens (tertiary/aromatic N) is 2. The van der Waals surface area contributed by atoms with Crippen molar-refractivity contribution in [3.63, 3.8) is 0 Å². The van der Waals surface area contributed by atoms with E-state index in [0.717, 1.165) is 11.1 Å². The highest BCUT2D eigenvalue weighted by molar-refractivity contribution is 5.91. The molecule has 1 N–H and O–H groups in total. The van der Waals surface area contributed by atoms with E-state index in [1.807, 2.05) is 38.1 Å². The van der Waals surface area contributed by atoms with Gasteiger partial charge in [-0.05, 0) is 38.1 Å². The fraction of sp³-hybridized carbons (Fsp3) is 0.286. The molecule has 3 aromatic rings. The third-order valence-electron chi connectivity index (χ3n) is 4.08. The molecule has 3 rings (SSSR count). The largest absolute Gasteiger partial charge is 0.493 e. The predicted octanol–water partition coefficient (Wildman–Crippen LogP) is 4.02. The molecule has 28 heavy (non-hydrogen) atoms. The molecule has 1 heterocycles.